The SMILES string of the molecule is C=CC(OC(=O)c1ccccc1[N+]#N)c1ccccc1.[Cl-]. The number of rotatable bonds is 4. The highest BCUT2D eigenvalue weighted by atomic mass is 35.5. The molecule has 0 amide bonds. The number of carbonyl (C=O) groups excluding carboxylic acids is 1. The molecule has 0 heterocycles. The molecule has 0 saturated heterocycles. The van der Waals surface area contributed by atoms with E-state index in [1.54, 1.807) is 24.3 Å². The lowest BCUT2D eigenvalue weighted by atomic mass is 10.1. The fraction of sp³-hybridized carbons (Fsp3) is 0.0625. The first-order chi connectivity index (χ1) is 9.76. The Hall–Kier alpha value is -2.64. The number of hydrogen-bond acceptors (Lipinski definition) is 3. The normalized spacial score (nSPS) is 10.6. The predicted octanol–water partition coefficient (Wildman–Crippen LogP) is 1.26. The van der Waals surface area contributed by atoms with Crippen molar-refractivity contribution in [2.24, 2.45) is 0 Å². The lowest BCUT2D eigenvalue weighted by Crippen LogP contribution is -3.00. The minimum Gasteiger partial charge on any atom is -1.00 e. The first kappa shape index (κ1) is 16.4. The van der Waals surface area contributed by atoms with Gasteiger partial charge < -0.3 is 17.1 Å². The number of nitrogens with zero attached hydrogens (tertiary/aromatic N) is 2. The minimum absolute atomic E-state index is 0. The van der Waals surface area contributed by atoms with Gasteiger partial charge in [-0.05, 0) is 17.7 Å². The number of ether oxygens (including phenoxy) is 1. The van der Waals surface area contributed by atoms with Gasteiger partial charge in [-0.25, -0.2) is 4.79 Å². The van der Waals surface area contributed by atoms with Gasteiger partial charge in [0.2, 0.25) is 5.39 Å². The molecular formula is C16H13ClN2O2. The third-order valence-electron chi connectivity index (χ3n) is 2.81. The molecule has 0 fully saturated rings. The van der Waals surface area contributed by atoms with Crippen LogP contribution in [0.5, 0.6) is 0 Å². The Morgan fingerprint density at radius 3 is 2.38 bits per heavy atom. The van der Waals surface area contributed by atoms with Gasteiger partial charge in [0.1, 0.15) is 6.10 Å². The van der Waals surface area contributed by atoms with E-state index in [4.69, 9.17) is 10.1 Å². The molecule has 0 N–H and O–H groups in total. The van der Waals surface area contributed by atoms with Crippen LogP contribution in [0.4, 0.5) is 5.69 Å². The third-order valence-corrected chi connectivity index (χ3v) is 2.81. The van der Waals surface area contributed by atoms with Gasteiger partial charge in [0.15, 0.2) is 10.5 Å². The molecule has 2 rings (SSSR count). The summed E-state index contributed by atoms with van der Waals surface area (Å²) >= 11 is 0. The summed E-state index contributed by atoms with van der Waals surface area (Å²) in [5.74, 6) is -0.563. The highest BCUT2D eigenvalue weighted by Crippen LogP contribution is 2.24. The second kappa shape index (κ2) is 7.83. The van der Waals surface area contributed by atoms with Crippen LogP contribution in [0.15, 0.2) is 67.3 Å². The Balaban J connectivity index is 0.00000220. The lowest BCUT2D eigenvalue weighted by molar-refractivity contribution is -0.0000276. The summed E-state index contributed by atoms with van der Waals surface area (Å²) in [6.45, 7) is 3.68. The van der Waals surface area contributed by atoms with Crippen molar-refractivity contribution in [3.63, 3.8) is 0 Å². The number of esters is 1. The largest absolute Gasteiger partial charge is 1.00 e. The summed E-state index contributed by atoms with van der Waals surface area (Å²) < 4.78 is 5.39. The molecular weight excluding hydrogens is 288 g/mol. The van der Waals surface area contributed by atoms with E-state index < -0.39 is 12.1 Å². The van der Waals surface area contributed by atoms with E-state index >= 15 is 0 Å². The molecule has 21 heavy (non-hydrogen) atoms. The van der Waals surface area contributed by atoms with E-state index in [-0.39, 0.29) is 23.7 Å². The van der Waals surface area contributed by atoms with Crippen LogP contribution in [-0.4, -0.2) is 5.97 Å². The topological polar surface area (TPSA) is 54.5 Å². The highest BCUT2D eigenvalue weighted by molar-refractivity contribution is 5.96. The van der Waals surface area contributed by atoms with Crippen molar-refractivity contribution in [2.45, 2.75) is 6.10 Å². The first-order valence-corrected chi connectivity index (χ1v) is 6.09. The fourth-order valence-electron chi connectivity index (χ4n) is 1.81. The molecule has 1 atom stereocenters. The molecule has 5 heteroatoms. The Morgan fingerprint density at radius 2 is 1.76 bits per heavy atom. The molecule has 0 spiro atoms. The van der Waals surface area contributed by atoms with E-state index in [0.717, 1.165) is 5.56 Å². The molecule has 0 aromatic heterocycles. The zero-order valence-corrected chi connectivity index (χ0v) is 11.9. The third kappa shape index (κ3) is 3.91. The van der Waals surface area contributed by atoms with Gasteiger partial charge in [-0.2, -0.15) is 0 Å². The van der Waals surface area contributed by atoms with Crippen molar-refractivity contribution in [3.8, 4) is 0 Å². The van der Waals surface area contributed by atoms with Crippen molar-refractivity contribution in [2.75, 3.05) is 0 Å². The second-order valence-corrected chi connectivity index (χ2v) is 4.09. The van der Waals surface area contributed by atoms with Gasteiger partial charge >= 0.3 is 11.7 Å². The van der Waals surface area contributed by atoms with Crippen molar-refractivity contribution in [1.82, 2.24) is 0 Å². The zero-order valence-electron chi connectivity index (χ0n) is 11.1. The summed E-state index contributed by atoms with van der Waals surface area (Å²) in [5.41, 5.74) is 1.21. The van der Waals surface area contributed by atoms with E-state index in [1.807, 2.05) is 30.3 Å². The summed E-state index contributed by atoms with van der Waals surface area (Å²) in [6.07, 6.45) is 1.00. The van der Waals surface area contributed by atoms with Crippen molar-refractivity contribution >= 4 is 11.7 Å². The molecule has 0 aliphatic rings. The smallest absolute Gasteiger partial charge is 0.399 e. The Morgan fingerprint density at radius 1 is 1.14 bits per heavy atom. The van der Waals surface area contributed by atoms with Crippen LogP contribution in [0.25, 0.3) is 4.98 Å². The van der Waals surface area contributed by atoms with Crippen LogP contribution in [0.3, 0.4) is 0 Å². The highest BCUT2D eigenvalue weighted by Gasteiger charge is 2.23. The van der Waals surface area contributed by atoms with Crippen LogP contribution in [-0.2, 0) is 4.74 Å². The molecule has 0 aliphatic carbocycles. The standard InChI is InChI=1S/C16H13N2O2.ClH/c1-2-15(12-8-4-3-5-9-12)20-16(19)13-10-6-7-11-14(13)18-17;/h2-11,15H,1H2;1H/q+1;/p-1. The summed E-state index contributed by atoms with van der Waals surface area (Å²) in [6, 6.07) is 15.7. The maximum absolute atomic E-state index is 12.1. The summed E-state index contributed by atoms with van der Waals surface area (Å²) in [7, 11) is 0. The van der Waals surface area contributed by atoms with Gasteiger partial charge in [-0.15, -0.1) is 0 Å². The molecule has 0 radical (unpaired) electrons. The number of halogens is 1. The van der Waals surface area contributed by atoms with Crippen LogP contribution in [0, 0.1) is 5.39 Å². The van der Waals surface area contributed by atoms with Gasteiger partial charge in [0.05, 0.1) is 0 Å². The molecule has 0 bridgehead atoms. The van der Waals surface area contributed by atoms with E-state index in [0.29, 0.717) is 0 Å². The average Bonchev–Trinajstić information content (AvgIpc) is 2.53. The van der Waals surface area contributed by atoms with Gasteiger partial charge in [-0.1, -0.05) is 49.0 Å². The predicted molar refractivity (Wildman–Crippen MR) is 76.0 cm³/mol. The fourth-order valence-corrected chi connectivity index (χ4v) is 1.81. The number of benzene rings is 2. The molecule has 0 aliphatic heterocycles. The molecule has 106 valence electrons. The molecule has 2 aromatic rings. The van der Waals surface area contributed by atoms with Gasteiger partial charge in [-0.3, -0.25) is 0 Å². The number of hydrogen-bond donors (Lipinski definition) is 0. The summed E-state index contributed by atoms with van der Waals surface area (Å²) in [4.78, 5) is 15.2. The molecule has 4 nitrogen and oxygen atoms in total. The van der Waals surface area contributed by atoms with Crippen LogP contribution >= 0.6 is 0 Å². The molecule has 1 unspecified atom stereocenters. The Kier molecular flexibility index (Phi) is 6.12. The first-order valence-electron chi connectivity index (χ1n) is 6.09. The second-order valence-electron chi connectivity index (χ2n) is 4.09. The van der Waals surface area contributed by atoms with Crippen LogP contribution in [0.1, 0.15) is 22.0 Å². The van der Waals surface area contributed by atoms with Gasteiger partial charge in [0.25, 0.3) is 0 Å². The van der Waals surface area contributed by atoms with Crippen LogP contribution < -0.4 is 12.4 Å². The molecule has 0 saturated carbocycles. The van der Waals surface area contributed by atoms with Gasteiger partial charge in [0, 0.05) is 6.07 Å². The van der Waals surface area contributed by atoms with Crippen molar-refractivity contribution < 1.29 is 21.9 Å². The zero-order chi connectivity index (χ0) is 14.4. The minimum atomic E-state index is -0.563. The summed E-state index contributed by atoms with van der Waals surface area (Å²) in [5, 5.41) is 8.87. The quantitative estimate of drug-likeness (QED) is 0.485. The Labute approximate surface area is 129 Å². The van der Waals surface area contributed by atoms with E-state index in [2.05, 4.69) is 11.6 Å². The number of carbonyl (C=O) groups is 1. The Bertz CT molecular complexity index is 665. The van der Waals surface area contributed by atoms with Crippen LogP contribution in [0.2, 0.25) is 0 Å². The van der Waals surface area contributed by atoms with E-state index in [1.165, 1.54) is 6.07 Å². The monoisotopic (exact) mass is 300 g/mol. The lowest BCUT2D eigenvalue weighted by Gasteiger charge is -2.13. The van der Waals surface area contributed by atoms with Crippen molar-refractivity contribution in [3.05, 3.63) is 83.4 Å². The maximum Gasteiger partial charge on any atom is 0.399 e. The van der Waals surface area contributed by atoms with Crippen molar-refractivity contribution in [1.29, 1.82) is 5.39 Å². The van der Waals surface area contributed by atoms with E-state index in [9.17, 15) is 4.79 Å². The number of diazo groups is 1. The molecule has 2 aromatic carbocycles. The average molecular weight is 301 g/mol. The maximum atomic E-state index is 12.1.